The Morgan fingerprint density at radius 2 is 1.29 bits per heavy atom. The highest BCUT2D eigenvalue weighted by Gasteiger charge is 2.34. The van der Waals surface area contributed by atoms with Gasteiger partial charge in [-0.3, -0.25) is 9.59 Å². The number of carbonyl (C=O) groups is 2. The van der Waals surface area contributed by atoms with Gasteiger partial charge in [0.05, 0.1) is 24.0 Å². The molecule has 0 radical (unpaired) electrons. The first-order valence-electron chi connectivity index (χ1n) is 9.88. The van der Waals surface area contributed by atoms with E-state index >= 15 is 0 Å². The second-order valence-corrected chi connectivity index (χ2v) is 7.34. The van der Waals surface area contributed by atoms with Crippen molar-refractivity contribution >= 4 is 11.9 Å². The Morgan fingerprint density at radius 1 is 0.875 bits per heavy atom. The molecule has 0 heterocycles. The van der Waals surface area contributed by atoms with Crippen LogP contribution < -0.4 is 0 Å². The van der Waals surface area contributed by atoms with E-state index in [1.165, 1.54) is 0 Å². The molecular formula is C20H36O4. The van der Waals surface area contributed by atoms with Gasteiger partial charge in [-0.1, -0.05) is 46.0 Å². The fourth-order valence-corrected chi connectivity index (χ4v) is 3.31. The average Bonchev–Trinajstić information content (AvgIpc) is 2.58. The van der Waals surface area contributed by atoms with Crippen molar-refractivity contribution in [2.75, 3.05) is 0 Å². The van der Waals surface area contributed by atoms with E-state index in [9.17, 15) is 9.59 Å². The van der Waals surface area contributed by atoms with Gasteiger partial charge in [0.1, 0.15) is 0 Å². The number of unbranched alkanes of at least 4 members (excludes halogenated alkanes) is 2. The molecule has 0 N–H and O–H groups in total. The molecular weight excluding hydrogens is 304 g/mol. The number of hydrogen-bond donors (Lipinski definition) is 0. The highest BCUT2D eigenvalue weighted by atomic mass is 16.5. The third kappa shape index (κ3) is 7.67. The van der Waals surface area contributed by atoms with Crippen molar-refractivity contribution in [3.8, 4) is 0 Å². The Labute approximate surface area is 147 Å². The van der Waals surface area contributed by atoms with Gasteiger partial charge < -0.3 is 9.47 Å². The van der Waals surface area contributed by atoms with Crippen LogP contribution in [-0.4, -0.2) is 24.1 Å². The monoisotopic (exact) mass is 340 g/mol. The molecule has 0 aliphatic heterocycles. The molecule has 24 heavy (non-hydrogen) atoms. The average molecular weight is 341 g/mol. The summed E-state index contributed by atoms with van der Waals surface area (Å²) in [7, 11) is 0. The summed E-state index contributed by atoms with van der Waals surface area (Å²) in [6.45, 7) is 8.18. The molecule has 0 bridgehead atoms. The zero-order valence-electron chi connectivity index (χ0n) is 16.0. The van der Waals surface area contributed by atoms with E-state index in [0.717, 1.165) is 57.8 Å². The van der Waals surface area contributed by atoms with Crippen LogP contribution >= 0.6 is 0 Å². The highest BCUT2D eigenvalue weighted by Crippen LogP contribution is 2.31. The van der Waals surface area contributed by atoms with E-state index in [-0.39, 0.29) is 36.0 Å². The van der Waals surface area contributed by atoms with E-state index in [2.05, 4.69) is 13.8 Å². The van der Waals surface area contributed by atoms with Gasteiger partial charge in [0.15, 0.2) is 0 Å². The molecule has 4 heteroatoms. The topological polar surface area (TPSA) is 52.6 Å². The minimum absolute atomic E-state index is 0.0288. The molecule has 0 aromatic rings. The van der Waals surface area contributed by atoms with Crippen LogP contribution in [0, 0.1) is 11.8 Å². The number of hydrogen-bond acceptors (Lipinski definition) is 4. The van der Waals surface area contributed by atoms with Gasteiger partial charge in [-0.15, -0.1) is 0 Å². The molecule has 0 spiro atoms. The van der Waals surface area contributed by atoms with Crippen LogP contribution in [0.25, 0.3) is 0 Å². The molecule has 1 aliphatic rings. The summed E-state index contributed by atoms with van der Waals surface area (Å²) in [4.78, 5) is 24.7. The number of ether oxygens (including phenoxy) is 2. The lowest BCUT2D eigenvalue weighted by Gasteiger charge is -2.28. The highest BCUT2D eigenvalue weighted by molar-refractivity contribution is 5.76. The molecule has 140 valence electrons. The summed E-state index contributed by atoms with van der Waals surface area (Å²) in [5.41, 5.74) is 0. The van der Waals surface area contributed by atoms with Crippen molar-refractivity contribution in [3.05, 3.63) is 0 Å². The van der Waals surface area contributed by atoms with Gasteiger partial charge in [-0.2, -0.15) is 0 Å². The van der Waals surface area contributed by atoms with Crippen LogP contribution in [0.15, 0.2) is 0 Å². The van der Waals surface area contributed by atoms with Crippen LogP contribution in [0.4, 0.5) is 0 Å². The fourth-order valence-electron chi connectivity index (χ4n) is 3.31. The quantitative estimate of drug-likeness (QED) is 0.523. The summed E-state index contributed by atoms with van der Waals surface area (Å²) >= 11 is 0. The second-order valence-electron chi connectivity index (χ2n) is 7.34. The summed E-state index contributed by atoms with van der Waals surface area (Å²) in [5, 5.41) is 0. The maximum atomic E-state index is 12.3. The van der Waals surface area contributed by atoms with E-state index in [0.29, 0.717) is 6.42 Å². The van der Waals surface area contributed by atoms with Crippen molar-refractivity contribution in [2.45, 2.75) is 104 Å². The molecule has 0 saturated heterocycles. The Morgan fingerprint density at radius 3 is 1.67 bits per heavy atom. The van der Waals surface area contributed by atoms with E-state index in [4.69, 9.17) is 9.47 Å². The van der Waals surface area contributed by atoms with Crippen LogP contribution in [0.1, 0.15) is 91.9 Å². The van der Waals surface area contributed by atoms with E-state index < -0.39 is 0 Å². The van der Waals surface area contributed by atoms with Gasteiger partial charge >= 0.3 is 11.9 Å². The first-order valence-corrected chi connectivity index (χ1v) is 9.88. The molecule has 1 aliphatic carbocycles. The largest absolute Gasteiger partial charge is 0.462 e. The lowest BCUT2D eigenvalue weighted by Crippen LogP contribution is -2.32. The van der Waals surface area contributed by atoms with Crippen molar-refractivity contribution in [1.82, 2.24) is 0 Å². The van der Waals surface area contributed by atoms with Gasteiger partial charge in [-0.25, -0.2) is 0 Å². The van der Waals surface area contributed by atoms with E-state index in [1.54, 1.807) is 0 Å². The predicted molar refractivity (Wildman–Crippen MR) is 95.6 cm³/mol. The maximum Gasteiger partial charge on any atom is 0.309 e. The van der Waals surface area contributed by atoms with Gasteiger partial charge in [0.2, 0.25) is 0 Å². The lowest BCUT2D eigenvalue weighted by atomic mass is 9.81. The van der Waals surface area contributed by atoms with Crippen molar-refractivity contribution < 1.29 is 19.1 Å². The molecule has 0 aromatic heterocycles. The standard InChI is InChI=1S/C20H36O4/c1-5-7-10-15(3)23-19(21)17-12-9-13-18(14-17)20(22)24-16(4)11-8-6-2/h15-18H,5-14H2,1-4H3. The Balaban J connectivity index is 2.42. The summed E-state index contributed by atoms with van der Waals surface area (Å²) < 4.78 is 11.1. The van der Waals surface area contributed by atoms with Crippen molar-refractivity contribution in [3.63, 3.8) is 0 Å². The molecule has 4 unspecified atom stereocenters. The van der Waals surface area contributed by atoms with Crippen LogP contribution in [0.3, 0.4) is 0 Å². The zero-order chi connectivity index (χ0) is 17.9. The number of esters is 2. The molecule has 1 rings (SSSR count). The minimum atomic E-state index is -0.147. The van der Waals surface area contributed by atoms with Crippen LogP contribution in [0.5, 0.6) is 0 Å². The first kappa shape index (κ1) is 21.0. The number of rotatable bonds is 10. The van der Waals surface area contributed by atoms with Crippen LogP contribution in [-0.2, 0) is 19.1 Å². The lowest BCUT2D eigenvalue weighted by molar-refractivity contribution is -0.160. The third-order valence-corrected chi connectivity index (χ3v) is 4.90. The first-order chi connectivity index (χ1) is 11.5. The maximum absolute atomic E-state index is 12.3. The predicted octanol–water partition coefficient (Wildman–Crippen LogP) is 5.04. The Kier molecular flexibility index (Phi) is 10.0. The third-order valence-electron chi connectivity index (χ3n) is 4.90. The van der Waals surface area contributed by atoms with Gasteiger partial charge in [0.25, 0.3) is 0 Å². The second kappa shape index (κ2) is 11.5. The van der Waals surface area contributed by atoms with Gasteiger partial charge in [0, 0.05) is 0 Å². The normalized spacial score (nSPS) is 23.3. The molecule has 4 nitrogen and oxygen atoms in total. The van der Waals surface area contributed by atoms with Crippen molar-refractivity contribution in [1.29, 1.82) is 0 Å². The summed E-state index contributed by atoms with van der Waals surface area (Å²) in [5.74, 6) is -0.553. The van der Waals surface area contributed by atoms with E-state index in [1.807, 2.05) is 13.8 Å². The molecule has 1 fully saturated rings. The minimum Gasteiger partial charge on any atom is -0.462 e. The Bertz CT molecular complexity index is 346. The summed E-state index contributed by atoms with van der Waals surface area (Å²) in [6, 6.07) is 0. The number of carbonyl (C=O) groups excluding carboxylic acids is 2. The molecule has 0 amide bonds. The van der Waals surface area contributed by atoms with Crippen LogP contribution in [0.2, 0.25) is 0 Å². The van der Waals surface area contributed by atoms with Crippen molar-refractivity contribution in [2.24, 2.45) is 11.8 Å². The fraction of sp³-hybridized carbons (Fsp3) is 0.900. The molecule has 0 aromatic carbocycles. The smallest absolute Gasteiger partial charge is 0.309 e. The Hall–Kier alpha value is -1.06. The molecule has 4 atom stereocenters. The SMILES string of the molecule is CCCCC(C)OC(=O)C1CCCC(C(=O)OC(C)CCCC)C1. The summed E-state index contributed by atoms with van der Waals surface area (Å²) in [6.07, 6.45) is 9.26. The van der Waals surface area contributed by atoms with Gasteiger partial charge in [-0.05, 0) is 46.0 Å². The molecule has 1 saturated carbocycles. The zero-order valence-corrected chi connectivity index (χ0v) is 16.0.